The van der Waals surface area contributed by atoms with Gasteiger partial charge >= 0.3 is 11.7 Å². The van der Waals surface area contributed by atoms with Gasteiger partial charge in [-0.15, -0.1) is 0 Å². The Morgan fingerprint density at radius 2 is 2.00 bits per heavy atom. The standard InChI is InChI=1S/C17H20N6O4/c1-9-6-10(2-3-12(9)15(18)25)19-16(26)20-11-4-5-23(8-11)13-7-14(24)22-17(27)21-13/h2-3,6-7,11H,4-5,8H2,1H3,(H2,18,25)(H2,19,20,26)(H2,21,22,24,27)/t11-/m1/s1. The molecule has 0 saturated carbocycles. The summed E-state index contributed by atoms with van der Waals surface area (Å²) in [6, 6.07) is 5.63. The van der Waals surface area contributed by atoms with Crippen molar-refractivity contribution in [3.05, 3.63) is 56.2 Å². The van der Waals surface area contributed by atoms with Gasteiger partial charge in [-0.2, -0.15) is 0 Å². The minimum atomic E-state index is -0.568. The first-order valence-corrected chi connectivity index (χ1v) is 8.38. The van der Waals surface area contributed by atoms with E-state index < -0.39 is 17.2 Å². The number of rotatable bonds is 4. The first-order chi connectivity index (χ1) is 12.8. The molecule has 27 heavy (non-hydrogen) atoms. The maximum Gasteiger partial charge on any atom is 0.327 e. The Morgan fingerprint density at radius 3 is 2.67 bits per heavy atom. The summed E-state index contributed by atoms with van der Waals surface area (Å²) in [6.45, 7) is 2.80. The zero-order valence-electron chi connectivity index (χ0n) is 14.7. The molecule has 1 aromatic heterocycles. The second-order valence-electron chi connectivity index (χ2n) is 6.40. The summed E-state index contributed by atoms with van der Waals surface area (Å²) in [7, 11) is 0. The smallest absolute Gasteiger partial charge is 0.327 e. The van der Waals surface area contributed by atoms with Gasteiger partial charge < -0.3 is 21.3 Å². The topological polar surface area (TPSA) is 153 Å². The van der Waals surface area contributed by atoms with E-state index >= 15 is 0 Å². The van der Waals surface area contributed by atoms with Gasteiger partial charge in [0.2, 0.25) is 5.91 Å². The van der Waals surface area contributed by atoms with Crippen molar-refractivity contribution in [2.24, 2.45) is 5.73 Å². The van der Waals surface area contributed by atoms with Crippen LogP contribution >= 0.6 is 0 Å². The van der Waals surface area contributed by atoms with Crippen LogP contribution in [-0.4, -0.2) is 41.0 Å². The molecule has 1 fully saturated rings. The monoisotopic (exact) mass is 372 g/mol. The lowest BCUT2D eigenvalue weighted by atomic mass is 10.1. The summed E-state index contributed by atoms with van der Waals surface area (Å²) >= 11 is 0. The summed E-state index contributed by atoms with van der Waals surface area (Å²) in [5.74, 6) is -0.0986. The Balaban J connectivity index is 1.59. The van der Waals surface area contributed by atoms with Crippen molar-refractivity contribution in [3.63, 3.8) is 0 Å². The summed E-state index contributed by atoms with van der Waals surface area (Å²) in [5, 5.41) is 5.57. The Morgan fingerprint density at radius 1 is 1.22 bits per heavy atom. The molecule has 10 nitrogen and oxygen atoms in total. The summed E-state index contributed by atoms with van der Waals surface area (Å²) < 4.78 is 0. The molecule has 1 aliphatic rings. The van der Waals surface area contributed by atoms with Crippen molar-refractivity contribution in [2.75, 3.05) is 23.3 Å². The van der Waals surface area contributed by atoms with E-state index in [1.807, 2.05) is 4.90 Å². The number of hydrogen-bond donors (Lipinski definition) is 5. The predicted octanol–water partition coefficient (Wildman–Crippen LogP) is -0.129. The van der Waals surface area contributed by atoms with E-state index in [0.717, 1.165) is 0 Å². The molecule has 1 atom stereocenters. The van der Waals surface area contributed by atoms with Crippen LogP contribution in [0.2, 0.25) is 0 Å². The van der Waals surface area contributed by atoms with E-state index in [1.54, 1.807) is 25.1 Å². The van der Waals surface area contributed by atoms with Crippen LogP contribution in [0.1, 0.15) is 22.3 Å². The van der Waals surface area contributed by atoms with E-state index in [9.17, 15) is 19.2 Å². The number of benzene rings is 1. The van der Waals surface area contributed by atoms with Crippen LogP contribution in [0.4, 0.5) is 16.3 Å². The summed E-state index contributed by atoms with van der Waals surface area (Å²) in [5.41, 5.74) is 5.84. The number of anilines is 2. The van der Waals surface area contributed by atoms with Gasteiger partial charge in [0.25, 0.3) is 5.56 Å². The largest absolute Gasteiger partial charge is 0.366 e. The van der Waals surface area contributed by atoms with Crippen LogP contribution in [0.3, 0.4) is 0 Å². The van der Waals surface area contributed by atoms with E-state index in [1.165, 1.54) is 6.07 Å². The quantitative estimate of drug-likeness (QED) is 0.506. The second-order valence-corrected chi connectivity index (χ2v) is 6.40. The third kappa shape index (κ3) is 4.35. The van der Waals surface area contributed by atoms with Crippen LogP contribution in [-0.2, 0) is 0 Å². The van der Waals surface area contributed by atoms with Crippen molar-refractivity contribution < 1.29 is 9.59 Å². The molecule has 1 saturated heterocycles. The van der Waals surface area contributed by atoms with Crippen molar-refractivity contribution in [1.29, 1.82) is 0 Å². The molecule has 3 amide bonds. The SMILES string of the molecule is Cc1cc(NC(=O)N[C@@H]2CCN(c3cc(=O)[nH]c(=O)[nH]3)C2)ccc1C(N)=O. The summed E-state index contributed by atoms with van der Waals surface area (Å²) in [4.78, 5) is 52.8. The molecule has 6 N–H and O–H groups in total. The molecule has 0 aliphatic carbocycles. The maximum atomic E-state index is 12.2. The highest BCUT2D eigenvalue weighted by Crippen LogP contribution is 2.17. The first kappa shape index (κ1) is 18.2. The van der Waals surface area contributed by atoms with Gasteiger partial charge in [-0.3, -0.25) is 19.6 Å². The molecular formula is C17H20N6O4. The third-order valence-electron chi connectivity index (χ3n) is 4.36. The zero-order chi connectivity index (χ0) is 19.6. The molecule has 2 heterocycles. The number of carbonyl (C=O) groups is 2. The molecule has 0 spiro atoms. The lowest BCUT2D eigenvalue weighted by molar-refractivity contribution is 0.0999. The average Bonchev–Trinajstić information content (AvgIpc) is 3.02. The van der Waals surface area contributed by atoms with Gasteiger partial charge in [-0.1, -0.05) is 0 Å². The van der Waals surface area contributed by atoms with E-state index in [0.29, 0.717) is 42.1 Å². The van der Waals surface area contributed by atoms with Crippen LogP contribution in [0.5, 0.6) is 0 Å². The van der Waals surface area contributed by atoms with Crippen LogP contribution in [0.15, 0.2) is 33.9 Å². The number of aromatic nitrogens is 2. The van der Waals surface area contributed by atoms with E-state index in [-0.39, 0.29) is 12.1 Å². The average molecular weight is 372 g/mol. The third-order valence-corrected chi connectivity index (χ3v) is 4.36. The molecule has 0 bridgehead atoms. The highest BCUT2D eigenvalue weighted by Gasteiger charge is 2.25. The van der Waals surface area contributed by atoms with E-state index in [2.05, 4.69) is 20.6 Å². The second kappa shape index (κ2) is 7.36. The molecule has 142 valence electrons. The lowest BCUT2D eigenvalue weighted by Crippen LogP contribution is -2.40. The number of nitrogens with one attached hydrogen (secondary N) is 4. The first-order valence-electron chi connectivity index (χ1n) is 8.38. The number of carbonyl (C=O) groups excluding carboxylic acids is 2. The molecule has 0 unspecified atom stereocenters. The van der Waals surface area contributed by atoms with Crippen molar-refractivity contribution in [3.8, 4) is 0 Å². The molecule has 1 aliphatic heterocycles. The van der Waals surface area contributed by atoms with Gasteiger partial charge in [-0.25, -0.2) is 9.59 Å². The Kier molecular flexibility index (Phi) is 4.97. The Hall–Kier alpha value is -3.56. The Labute approximate surface area is 153 Å². The normalized spacial score (nSPS) is 16.2. The van der Waals surface area contributed by atoms with Gasteiger partial charge in [0, 0.05) is 36.4 Å². The van der Waals surface area contributed by atoms with Gasteiger partial charge in [0.05, 0.1) is 0 Å². The number of hydrogen-bond acceptors (Lipinski definition) is 5. The molecule has 10 heteroatoms. The number of nitrogens with zero attached hydrogens (tertiary/aromatic N) is 1. The number of amides is 3. The Bertz CT molecular complexity index is 967. The van der Waals surface area contributed by atoms with Crippen LogP contribution < -0.4 is 32.5 Å². The fourth-order valence-corrected chi connectivity index (χ4v) is 3.09. The van der Waals surface area contributed by atoms with E-state index in [4.69, 9.17) is 5.73 Å². The fourth-order valence-electron chi connectivity index (χ4n) is 3.09. The minimum Gasteiger partial charge on any atom is -0.366 e. The minimum absolute atomic E-state index is 0.140. The highest BCUT2D eigenvalue weighted by atomic mass is 16.2. The zero-order valence-corrected chi connectivity index (χ0v) is 14.7. The maximum absolute atomic E-state index is 12.2. The molecule has 3 rings (SSSR count). The number of aryl methyl sites for hydroxylation is 1. The molecular weight excluding hydrogens is 352 g/mol. The molecule has 0 radical (unpaired) electrons. The number of aromatic amines is 2. The number of primary amides is 1. The van der Waals surface area contributed by atoms with Crippen LogP contribution in [0, 0.1) is 6.92 Å². The van der Waals surface area contributed by atoms with Gasteiger partial charge in [0.15, 0.2) is 0 Å². The van der Waals surface area contributed by atoms with Crippen molar-refractivity contribution in [1.82, 2.24) is 15.3 Å². The predicted molar refractivity (Wildman–Crippen MR) is 100 cm³/mol. The van der Waals surface area contributed by atoms with Crippen molar-refractivity contribution >= 4 is 23.4 Å². The molecule has 1 aromatic carbocycles. The lowest BCUT2D eigenvalue weighted by Gasteiger charge is -2.18. The highest BCUT2D eigenvalue weighted by molar-refractivity contribution is 5.96. The van der Waals surface area contributed by atoms with Gasteiger partial charge in [0.1, 0.15) is 5.82 Å². The number of H-pyrrole nitrogens is 2. The summed E-state index contributed by atoms with van der Waals surface area (Å²) in [6.07, 6.45) is 0.669. The fraction of sp³-hybridized carbons (Fsp3) is 0.294. The van der Waals surface area contributed by atoms with Crippen LogP contribution in [0.25, 0.3) is 0 Å². The van der Waals surface area contributed by atoms with Crippen molar-refractivity contribution in [2.45, 2.75) is 19.4 Å². The number of urea groups is 1. The molecule has 2 aromatic rings. The number of nitrogens with two attached hydrogens (primary N) is 1. The van der Waals surface area contributed by atoms with Gasteiger partial charge in [-0.05, 0) is 37.1 Å².